The second-order valence-corrected chi connectivity index (χ2v) is 5.41. The van der Waals surface area contributed by atoms with Crippen molar-refractivity contribution in [1.82, 2.24) is 20.2 Å². The van der Waals surface area contributed by atoms with E-state index in [1.165, 1.54) is 0 Å². The van der Waals surface area contributed by atoms with Crippen molar-refractivity contribution in [3.05, 3.63) is 30.1 Å². The minimum Gasteiger partial charge on any atom is -0.384 e. The van der Waals surface area contributed by atoms with E-state index in [-0.39, 0.29) is 5.41 Å². The summed E-state index contributed by atoms with van der Waals surface area (Å²) in [5.41, 5.74) is 3.45. The number of hydrogen-bond donors (Lipinski definition) is 1. The third-order valence-corrected chi connectivity index (χ3v) is 3.43. The maximum atomic E-state index is 5.26. The Morgan fingerprint density at radius 3 is 2.89 bits per heavy atom. The first-order valence-electron chi connectivity index (χ1n) is 6.32. The van der Waals surface area contributed by atoms with Crippen LogP contribution >= 0.6 is 0 Å². The van der Waals surface area contributed by atoms with Crippen molar-refractivity contribution >= 4 is 5.69 Å². The van der Waals surface area contributed by atoms with Gasteiger partial charge in [0.15, 0.2) is 0 Å². The quantitative estimate of drug-likeness (QED) is 0.899. The second kappa shape index (κ2) is 4.62. The molecule has 3 rings (SSSR count). The largest absolute Gasteiger partial charge is 0.384 e. The lowest BCUT2D eigenvalue weighted by atomic mass is 9.88. The average Bonchev–Trinajstić information content (AvgIpc) is 2.89. The van der Waals surface area contributed by atoms with Crippen molar-refractivity contribution in [2.45, 2.75) is 13.8 Å². The maximum Gasteiger partial charge on any atom is 0.143 e. The monoisotopic (exact) mass is 259 g/mol. The van der Waals surface area contributed by atoms with Crippen LogP contribution in [0.1, 0.15) is 12.5 Å². The van der Waals surface area contributed by atoms with Crippen LogP contribution in [0.3, 0.4) is 0 Å². The van der Waals surface area contributed by atoms with E-state index in [0.717, 1.165) is 36.7 Å². The predicted molar refractivity (Wildman–Crippen MR) is 71.3 cm³/mol. The van der Waals surface area contributed by atoms with E-state index in [1.807, 2.05) is 6.92 Å². The Balaban J connectivity index is 1.77. The molecule has 19 heavy (non-hydrogen) atoms. The number of anilines is 1. The Labute approximate surface area is 111 Å². The molecule has 1 saturated heterocycles. The van der Waals surface area contributed by atoms with Gasteiger partial charge in [0.25, 0.3) is 0 Å². The van der Waals surface area contributed by atoms with Gasteiger partial charge in [0.2, 0.25) is 0 Å². The fraction of sp³-hybridized carbons (Fsp3) is 0.462. The van der Waals surface area contributed by atoms with Gasteiger partial charge >= 0.3 is 0 Å². The number of aryl methyl sites for hydroxylation is 1. The molecule has 0 radical (unpaired) electrons. The molecule has 0 bridgehead atoms. The Morgan fingerprint density at radius 1 is 1.42 bits per heavy atom. The van der Waals surface area contributed by atoms with E-state index in [1.54, 1.807) is 11.0 Å². The zero-order valence-electron chi connectivity index (χ0n) is 11.1. The first kappa shape index (κ1) is 12.1. The predicted octanol–water partition coefficient (Wildman–Crippen LogP) is 1.42. The summed E-state index contributed by atoms with van der Waals surface area (Å²) in [4.78, 5) is 0. The second-order valence-electron chi connectivity index (χ2n) is 5.41. The normalized spacial score (nSPS) is 16.9. The lowest BCUT2D eigenvalue weighted by Crippen LogP contribution is -2.45. The van der Waals surface area contributed by atoms with Crippen LogP contribution in [0.25, 0.3) is 5.69 Å². The van der Waals surface area contributed by atoms with Gasteiger partial charge in [0, 0.05) is 17.6 Å². The smallest absolute Gasteiger partial charge is 0.143 e. The molecule has 1 aliphatic heterocycles. The van der Waals surface area contributed by atoms with Crippen molar-refractivity contribution < 1.29 is 4.74 Å². The summed E-state index contributed by atoms with van der Waals surface area (Å²) in [6.07, 6.45) is 1.60. The van der Waals surface area contributed by atoms with E-state index in [4.69, 9.17) is 4.74 Å². The third kappa shape index (κ3) is 2.44. The van der Waals surface area contributed by atoms with Crippen molar-refractivity contribution in [3.63, 3.8) is 0 Å². The number of rotatable bonds is 4. The molecule has 6 nitrogen and oxygen atoms in total. The lowest BCUT2D eigenvalue weighted by Gasteiger charge is -2.38. The SMILES string of the molecule is Cc1ccc(NCC2(C)COC2)cc1-n1cnnn1. The molecule has 0 spiro atoms. The van der Waals surface area contributed by atoms with Crippen LogP contribution in [-0.4, -0.2) is 40.0 Å². The molecule has 6 heteroatoms. The van der Waals surface area contributed by atoms with Gasteiger partial charge in [-0.05, 0) is 35.0 Å². The fourth-order valence-electron chi connectivity index (χ4n) is 2.11. The van der Waals surface area contributed by atoms with E-state index >= 15 is 0 Å². The molecule has 1 aromatic carbocycles. The summed E-state index contributed by atoms with van der Waals surface area (Å²) < 4.78 is 6.93. The van der Waals surface area contributed by atoms with E-state index < -0.39 is 0 Å². The Bertz CT molecular complexity index is 562. The van der Waals surface area contributed by atoms with Gasteiger partial charge < -0.3 is 10.1 Å². The van der Waals surface area contributed by atoms with E-state index in [2.05, 4.69) is 46.0 Å². The van der Waals surface area contributed by atoms with Crippen LogP contribution in [0.2, 0.25) is 0 Å². The minimum absolute atomic E-state index is 0.250. The van der Waals surface area contributed by atoms with Crippen molar-refractivity contribution in [2.24, 2.45) is 5.41 Å². The van der Waals surface area contributed by atoms with Crippen LogP contribution < -0.4 is 5.32 Å². The first-order chi connectivity index (χ1) is 9.16. The molecule has 0 atom stereocenters. The van der Waals surface area contributed by atoms with Crippen LogP contribution in [0, 0.1) is 12.3 Å². The van der Waals surface area contributed by atoms with Crippen LogP contribution in [0.15, 0.2) is 24.5 Å². The fourth-order valence-corrected chi connectivity index (χ4v) is 2.11. The zero-order valence-corrected chi connectivity index (χ0v) is 11.1. The molecular weight excluding hydrogens is 242 g/mol. The molecule has 1 aliphatic rings. The molecule has 100 valence electrons. The van der Waals surface area contributed by atoms with Crippen molar-refractivity contribution in [1.29, 1.82) is 0 Å². The summed E-state index contributed by atoms with van der Waals surface area (Å²) in [5.74, 6) is 0. The summed E-state index contributed by atoms with van der Waals surface area (Å²) in [6.45, 7) is 6.82. The van der Waals surface area contributed by atoms with Gasteiger partial charge in [-0.15, -0.1) is 5.10 Å². The van der Waals surface area contributed by atoms with Gasteiger partial charge in [-0.1, -0.05) is 13.0 Å². The number of ether oxygens (including phenoxy) is 1. The average molecular weight is 259 g/mol. The van der Waals surface area contributed by atoms with Crippen LogP contribution in [-0.2, 0) is 4.74 Å². The van der Waals surface area contributed by atoms with Gasteiger partial charge in [-0.3, -0.25) is 0 Å². The summed E-state index contributed by atoms with van der Waals surface area (Å²) >= 11 is 0. The standard InChI is InChI=1S/C13H17N5O/c1-10-3-4-11(14-6-13(2)7-19-8-13)5-12(10)18-9-15-16-17-18/h3-5,9,14H,6-8H2,1-2H3. The van der Waals surface area contributed by atoms with E-state index in [0.29, 0.717) is 0 Å². The highest BCUT2D eigenvalue weighted by Gasteiger charge is 2.32. The summed E-state index contributed by atoms with van der Waals surface area (Å²) in [7, 11) is 0. The molecule has 2 heterocycles. The topological polar surface area (TPSA) is 64.9 Å². The van der Waals surface area contributed by atoms with Crippen molar-refractivity contribution in [2.75, 3.05) is 25.1 Å². The summed E-state index contributed by atoms with van der Waals surface area (Å²) in [5, 5.41) is 14.7. The first-order valence-corrected chi connectivity index (χ1v) is 6.32. The molecular formula is C13H17N5O. The molecule has 1 aromatic heterocycles. The molecule has 0 unspecified atom stereocenters. The van der Waals surface area contributed by atoms with Crippen molar-refractivity contribution in [3.8, 4) is 5.69 Å². The maximum absolute atomic E-state index is 5.26. The molecule has 0 aliphatic carbocycles. The number of hydrogen-bond acceptors (Lipinski definition) is 5. The Kier molecular flexibility index (Phi) is 2.94. The van der Waals surface area contributed by atoms with Gasteiger partial charge in [0.05, 0.1) is 18.9 Å². The number of tetrazole rings is 1. The number of nitrogens with zero attached hydrogens (tertiary/aromatic N) is 4. The molecule has 1 fully saturated rings. The van der Waals surface area contributed by atoms with Gasteiger partial charge in [-0.25, -0.2) is 4.68 Å². The van der Waals surface area contributed by atoms with E-state index in [9.17, 15) is 0 Å². The number of benzene rings is 1. The molecule has 0 amide bonds. The Morgan fingerprint density at radius 2 is 2.26 bits per heavy atom. The van der Waals surface area contributed by atoms with Gasteiger partial charge in [0.1, 0.15) is 6.33 Å². The number of nitrogens with one attached hydrogen (secondary N) is 1. The lowest BCUT2D eigenvalue weighted by molar-refractivity contribution is -0.0924. The minimum atomic E-state index is 0.250. The summed E-state index contributed by atoms with van der Waals surface area (Å²) in [6, 6.07) is 6.21. The van der Waals surface area contributed by atoms with Crippen LogP contribution in [0.5, 0.6) is 0 Å². The molecule has 0 saturated carbocycles. The Hall–Kier alpha value is -1.95. The number of aromatic nitrogens is 4. The van der Waals surface area contributed by atoms with Crippen LogP contribution in [0.4, 0.5) is 5.69 Å². The van der Waals surface area contributed by atoms with Gasteiger partial charge in [-0.2, -0.15) is 0 Å². The highest BCUT2D eigenvalue weighted by atomic mass is 16.5. The third-order valence-electron chi connectivity index (χ3n) is 3.43. The molecule has 2 aromatic rings. The molecule has 1 N–H and O–H groups in total. The highest BCUT2D eigenvalue weighted by molar-refractivity contribution is 5.54. The highest BCUT2D eigenvalue weighted by Crippen LogP contribution is 2.27. The zero-order chi connectivity index (χ0) is 13.3.